The Balaban J connectivity index is 1.26. The summed E-state index contributed by atoms with van der Waals surface area (Å²) in [5, 5.41) is 6.44. The van der Waals surface area contributed by atoms with E-state index in [0.29, 0.717) is 24.5 Å². The van der Waals surface area contributed by atoms with Gasteiger partial charge in [0.25, 0.3) is 5.91 Å². The first-order valence-electron chi connectivity index (χ1n) is 17.1. The van der Waals surface area contributed by atoms with E-state index in [1.54, 1.807) is 51.2 Å². The lowest BCUT2D eigenvalue weighted by molar-refractivity contribution is -0.142. The van der Waals surface area contributed by atoms with Crippen LogP contribution in [0.15, 0.2) is 73.4 Å². The van der Waals surface area contributed by atoms with Gasteiger partial charge in [-0.3, -0.25) is 19.1 Å². The number of fused-ring (bicyclic) bond motifs is 1. The number of rotatable bonds is 12. The molecule has 1 unspecified atom stereocenters. The molecule has 0 spiro atoms. The summed E-state index contributed by atoms with van der Waals surface area (Å²) in [6.07, 6.45) is 2.57. The molecule has 1 aromatic heterocycles. The minimum Gasteiger partial charge on any atom is -0.497 e. The summed E-state index contributed by atoms with van der Waals surface area (Å²) in [6, 6.07) is 13.4. The largest absolute Gasteiger partial charge is 0.497 e. The molecular formula is C37H43N5O9S. The Hall–Kier alpha value is -5.18. The molecule has 5 atom stereocenters. The molecule has 2 heterocycles. The SMILES string of the molecule is C=C[C@@H]1C[C@]1(NC(=O)[C@@H]1C[C@@H](Oc2nccc3ccccc23)CN1C(=O)C(NC(=O)Oc1ccc(OC)cc1)C(C)(C)C)C(=O)NS(=O)(=O)C1CC1. The van der Waals surface area contributed by atoms with Crippen LogP contribution >= 0.6 is 0 Å². The van der Waals surface area contributed by atoms with Crippen LogP contribution in [-0.2, 0) is 24.4 Å². The van der Waals surface area contributed by atoms with E-state index in [4.69, 9.17) is 14.2 Å². The predicted molar refractivity (Wildman–Crippen MR) is 191 cm³/mol. The van der Waals surface area contributed by atoms with Gasteiger partial charge in [0.1, 0.15) is 35.2 Å². The van der Waals surface area contributed by atoms with Gasteiger partial charge in [-0.15, -0.1) is 6.58 Å². The van der Waals surface area contributed by atoms with Gasteiger partial charge in [-0.25, -0.2) is 18.2 Å². The van der Waals surface area contributed by atoms with E-state index in [2.05, 4.69) is 26.9 Å². The van der Waals surface area contributed by atoms with Crippen LogP contribution in [0.4, 0.5) is 4.79 Å². The molecule has 0 radical (unpaired) electrons. The van der Waals surface area contributed by atoms with E-state index >= 15 is 0 Å². The maximum absolute atomic E-state index is 14.5. The second kappa shape index (κ2) is 14.1. The molecule has 14 nitrogen and oxygen atoms in total. The van der Waals surface area contributed by atoms with Crippen molar-refractivity contribution < 1.29 is 41.8 Å². The molecule has 3 fully saturated rings. The molecule has 3 aromatic rings. The fourth-order valence-electron chi connectivity index (χ4n) is 6.45. The zero-order chi connectivity index (χ0) is 37.4. The van der Waals surface area contributed by atoms with Crippen molar-refractivity contribution in [3.8, 4) is 17.4 Å². The van der Waals surface area contributed by atoms with Gasteiger partial charge >= 0.3 is 6.09 Å². The summed E-state index contributed by atoms with van der Waals surface area (Å²) in [5.41, 5.74) is -2.41. The molecule has 0 bridgehead atoms. The zero-order valence-electron chi connectivity index (χ0n) is 29.5. The summed E-state index contributed by atoms with van der Waals surface area (Å²) in [6.45, 7) is 9.00. The third-order valence-corrected chi connectivity index (χ3v) is 11.5. The zero-order valence-corrected chi connectivity index (χ0v) is 30.3. The molecular weight excluding hydrogens is 691 g/mol. The Morgan fingerprint density at radius 1 is 1.04 bits per heavy atom. The van der Waals surface area contributed by atoms with Gasteiger partial charge in [-0.1, -0.05) is 45.0 Å². The monoisotopic (exact) mass is 733 g/mol. The highest BCUT2D eigenvalue weighted by Gasteiger charge is 2.62. The third kappa shape index (κ3) is 7.69. The van der Waals surface area contributed by atoms with Gasteiger partial charge in [-0.05, 0) is 66.5 Å². The number of nitrogens with zero attached hydrogens (tertiary/aromatic N) is 2. The Morgan fingerprint density at radius 2 is 1.73 bits per heavy atom. The van der Waals surface area contributed by atoms with Crippen LogP contribution in [0.2, 0.25) is 0 Å². The molecule has 3 N–H and O–H groups in total. The number of nitrogens with one attached hydrogen (secondary N) is 3. The Labute approximate surface area is 302 Å². The molecule has 52 heavy (non-hydrogen) atoms. The number of sulfonamides is 1. The maximum atomic E-state index is 14.5. The number of ether oxygens (including phenoxy) is 3. The third-order valence-electron chi connectivity index (χ3n) is 9.66. The lowest BCUT2D eigenvalue weighted by Crippen LogP contribution is -2.60. The number of carbonyl (C=O) groups is 4. The van der Waals surface area contributed by atoms with Gasteiger partial charge < -0.3 is 29.7 Å². The predicted octanol–water partition coefficient (Wildman–Crippen LogP) is 3.46. The Morgan fingerprint density at radius 3 is 2.37 bits per heavy atom. The van der Waals surface area contributed by atoms with E-state index in [9.17, 15) is 27.6 Å². The Kier molecular flexibility index (Phi) is 9.92. The quantitative estimate of drug-likeness (QED) is 0.233. The number of hydrogen-bond acceptors (Lipinski definition) is 10. The van der Waals surface area contributed by atoms with Crippen LogP contribution < -0.4 is 29.6 Å². The van der Waals surface area contributed by atoms with E-state index in [1.807, 2.05) is 30.3 Å². The molecule has 2 saturated carbocycles. The average Bonchev–Trinajstić information content (AvgIpc) is 4.04. The highest BCUT2D eigenvalue weighted by molar-refractivity contribution is 7.91. The molecule has 1 saturated heterocycles. The van der Waals surface area contributed by atoms with Crippen LogP contribution in [0.1, 0.15) is 46.5 Å². The molecule has 6 rings (SSSR count). The van der Waals surface area contributed by atoms with Crippen molar-refractivity contribution in [1.82, 2.24) is 25.2 Å². The van der Waals surface area contributed by atoms with Crippen LogP contribution in [0.5, 0.6) is 17.4 Å². The van der Waals surface area contributed by atoms with E-state index < -0.39 is 74.1 Å². The molecule has 1 aliphatic heterocycles. The van der Waals surface area contributed by atoms with E-state index in [0.717, 1.165) is 10.8 Å². The minimum absolute atomic E-state index is 0.0203. The average molecular weight is 734 g/mol. The van der Waals surface area contributed by atoms with Crippen LogP contribution in [-0.4, -0.2) is 84.7 Å². The van der Waals surface area contributed by atoms with Crippen LogP contribution in [0, 0.1) is 11.3 Å². The fourth-order valence-corrected chi connectivity index (χ4v) is 7.81. The summed E-state index contributed by atoms with van der Waals surface area (Å²) in [5.74, 6) is -1.53. The lowest BCUT2D eigenvalue weighted by Gasteiger charge is -2.35. The fraction of sp³-hybridized carbons (Fsp3) is 0.432. The molecule has 276 valence electrons. The molecule has 15 heteroatoms. The normalized spacial score (nSPS) is 23.2. The van der Waals surface area contributed by atoms with Crippen molar-refractivity contribution in [2.24, 2.45) is 11.3 Å². The van der Waals surface area contributed by atoms with Crippen molar-refractivity contribution in [1.29, 1.82) is 0 Å². The first kappa shape index (κ1) is 36.6. The first-order chi connectivity index (χ1) is 24.6. The van der Waals surface area contributed by atoms with Crippen molar-refractivity contribution in [3.05, 3.63) is 73.4 Å². The standard InChI is InChI=1S/C37H43N5O9S/c1-6-23-20-37(23,34(45)41-52(47,48)27-15-16-27)40-31(43)29-19-26(50-32-28-10-8-7-9-22(28)17-18-38-32)21-42(29)33(44)30(36(2,3)4)39-35(46)51-25-13-11-24(49-5)12-14-25/h6-14,17-18,23,26-27,29-30H,1,15-16,19-21H2,2-5H3,(H,39,46)(H,40,43)(H,41,45)/t23-,26-,29+,30?,37-/m1/s1. The number of aromatic nitrogens is 1. The van der Waals surface area contributed by atoms with Gasteiger partial charge in [0, 0.05) is 23.9 Å². The van der Waals surface area contributed by atoms with Gasteiger partial charge in [0.05, 0.1) is 18.9 Å². The highest BCUT2D eigenvalue weighted by Crippen LogP contribution is 2.45. The number of hydrogen-bond donors (Lipinski definition) is 3. The number of likely N-dealkylation sites (tertiary alicyclic amines) is 1. The highest BCUT2D eigenvalue weighted by atomic mass is 32.2. The molecule has 3 aliphatic rings. The second-order valence-corrected chi connectivity index (χ2v) is 16.5. The van der Waals surface area contributed by atoms with Crippen molar-refractivity contribution in [3.63, 3.8) is 0 Å². The smallest absolute Gasteiger partial charge is 0.413 e. The first-order valence-corrected chi connectivity index (χ1v) is 18.6. The number of amides is 4. The molecule has 4 amide bonds. The Bertz CT molecular complexity index is 1990. The van der Waals surface area contributed by atoms with Crippen molar-refractivity contribution >= 4 is 44.6 Å². The minimum atomic E-state index is -3.90. The van der Waals surface area contributed by atoms with Crippen LogP contribution in [0.25, 0.3) is 10.8 Å². The summed E-state index contributed by atoms with van der Waals surface area (Å²) in [7, 11) is -2.39. The van der Waals surface area contributed by atoms with Crippen molar-refractivity contribution in [2.45, 2.75) is 75.4 Å². The van der Waals surface area contributed by atoms with Gasteiger partial charge in [0.15, 0.2) is 0 Å². The molecule has 2 aromatic carbocycles. The summed E-state index contributed by atoms with van der Waals surface area (Å²) >= 11 is 0. The number of methoxy groups -OCH3 is 1. The lowest BCUT2D eigenvalue weighted by atomic mass is 9.85. The maximum Gasteiger partial charge on any atom is 0.413 e. The summed E-state index contributed by atoms with van der Waals surface area (Å²) in [4.78, 5) is 61.1. The second-order valence-electron chi connectivity index (χ2n) is 14.5. The number of pyridine rings is 1. The number of carbonyl (C=O) groups excluding carboxylic acids is 4. The van der Waals surface area contributed by atoms with E-state index in [1.165, 1.54) is 18.1 Å². The summed E-state index contributed by atoms with van der Waals surface area (Å²) < 4.78 is 44.5. The van der Waals surface area contributed by atoms with E-state index in [-0.39, 0.29) is 25.1 Å². The van der Waals surface area contributed by atoms with Gasteiger partial charge in [0.2, 0.25) is 27.7 Å². The van der Waals surface area contributed by atoms with Crippen molar-refractivity contribution in [2.75, 3.05) is 13.7 Å². The topological polar surface area (TPSA) is 182 Å². The van der Waals surface area contributed by atoms with Gasteiger partial charge in [-0.2, -0.15) is 0 Å². The number of benzene rings is 2. The molecule has 2 aliphatic carbocycles. The van der Waals surface area contributed by atoms with Crippen LogP contribution in [0.3, 0.4) is 0 Å².